The Hall–Kier alpha value is -6.87. The van der Waals surface area contributed by atoms with Gasteiger partial charge in [0.15, 0.2) is 0 Å². The molecule has 94 heavy (non-hydrogen) atoms. The molecule has 5 radical (unpaired) electrons. The van der Waals surface area contributed by atoms with Gasteiger partial charge in [0.1, 0.15) is 6.67 Å². The van der Waals surface area contributed by atoms with Gasteiger partial charge < -0.3 is 95.7 Å². The molecule has 0 aliphatic carbocycles. The zero-order valence-electron chi connectivity index (χ0n) is 55.7. The maximum atomic E-state index is 13.3. The van der Waals surface area contributed by atoms with Crippen molar-refractivity contribution in [1.82, 2.24) is 24.5 Å². The van der Waals surface area contributed by atoms with E-state index in [4.69, 9.17) is 17.9 Å². The zero-order chi connectivity index (χ0) is 59.8. The third-order valence-electron chi connectivity index (χ3n) is 13.7. The van der Waals surface area contributed by atoms with Crippen LogP contribution < -0.4 is 29.2 Å². The number of methoxy groups -OCH3 is 1. The fraction of sp³-hybridized carbons (Fsp3) is 0.203. The van der Waals surface area contributed by atoms with Crippen molar-refractivity contribution >= 4 is 45.5 Å². The minimum absolute atomic E-state index is 0. The van der Waals surface area contributed by atoms with Gasteiger partial charge in [0, 0.05) is 195 Å². The van der Waals surface area contributed by atoms with Gasteiger partial charge in [-0.2, -0.15) is 84.4 Å². The number of nitrogens with zero attached hydrogens (tertiary/aromatic N) is 12. The van der Waals surface area contributed by atoms with Gasteiger partial charge in [-0.25, -0.2) is 0 Å². The van der Waals surface area contributed by atoms with E-state index in [0.29, 0.717) is 24.8 Å². The summed E-state index contributed by atoms with van der Waals surface area (Å²) in [6.45, 7) is 24.4. The Bertz CT molecular complexity index is 3580. The van der Waals surface area contributed by atoms with E-state index in [1.165, 1.54) is 28.1 Å². The first-order valence-corrected chi connectivity index (χ1v) is 27.2. The topological polar surface area (TPSA) is 50.4 Å². The van der Waals surface area contributed by atoms with Crippen molar-refractivity contribution in [1.29, 1.82) is 0 Å². The van der Waals surface area contributed by atoms with E-state index in [0.717, 1.165) is 60.6 Å². The summed E-state index contributed by atoms with van der Waals surface area (Å²) in [4.78, 5) is 27.3. The monoisotopic (exact) mass is 2160 g/mol. The maximum absolute atomic E-state index is 13.3. The number of hydrogen-bond acceptors (Lipinski definition) is 11. The number of rotatable bonds is 8. The molecule has 0 aromatic heterocycles. The normalized spacial score (nSPS) is 13.4. The Morgan fingerprint density at radius 2 is 0.957 bits per heavy atom. The third-order valence-corrected chi connectivity index (χ3v) is 13.7. The summed E-state index contributed by atoms with van der Waals surface area (Å²) in [5.41, 5.74) is 11.4. The molecule has 0 fully saturated rings. The zero-order valence-corrected chi connectivity index (χ0v) is 67.7. The number of halogens is 2. The Balaban J connectivity index is -0.00000109. The van der Waals surface area contributed by atoms with E-state index in [-0.39, 0.29) is 149 Å². The second-order valence-corrected chi connectivity index (χ2v) is 21.2. The van der Waals surface area contributed by atoms with Gasteiger partial charge >= 0.3 is 0 Å². The van der Waals surface area contributed by atoms with Crippen LogP contribution in [-0.4, -0.2) is 100 Å². The summed E-state index contributed by atoms with van der Waals surface area (Å²) in [6.07, 6.45) is 13.6. The fourth-order valence-corrected chi connectivity index (χ4v) is 9.28. The summed E-state index contributed by atoms with van der Waals surface area (Å²) in [5, 5.41) is 0. The molecule has 0 N–H and O–H groups in total. The molecule has 7 aromatic rings. The summed E-state index contributed by atoms with van der Waals surface area (Å²) < 4.78 is 31.0. The molecule has 5 aliphatic heterocycles. The first-order valence-electron chi connectivity index (χ1n) is 27.2. The van der Waals surface area contributed by atoms with E-state index < -0.39 is 11.6 Å². The number of benzene rings is 7. The Morgan fingerprint density at radius 3 is 1.43 bits per heavy atom. The molecule has 0 bridgehead atoms. The molecule has 5 aliphatic rings. The average molecular weight is 2160 g/mol. The third kappa shape index (κ3) is 25.0. The van der Waals surface area contributed by atoms with Gasteiger partial charge in [-0.05, 0) is 16.7 Å². The van der Waals surface area contributed by atoms with Crippen molar-refractivity contribution in [2.24, 2.45) is 0 Å². The molecule has 0 amide bonds. The summed E-state index contributed by atoms with van der Waals surface area (Å²) in [7, 11) is 11.7. The van der Waals surface area contributed by atoms with Crippen LogP contribution in [0.3, 0.4) is 0 Å². The van der Waals surface area contributed by atoms with Crippen molar-refractivity contribution in [3.8, 4) is 5.75 Å². The molecule has 5 heterocycles. The standard InChI is InChI=1S/C22H19N2.C14H19N2.C12H9N4.C11H13N2O.C10H9F2N2.5CH3.5Ir/c1-23-17-24(20-15-9-4-10-16-20)22(19-13-7-3-8-14-19)21(23)18-11-5-2-6-12-18;1-14(2,3)12-6-5-7-13(10-12)16-9-8-15(4)11-16;1-13-10-5-4-6-11(7-10)16-8-12(14-2)15(3)9-16;1-12-6-7-13(9-12)10-4-3-5-11(8-10)14-2;1-13-4-5-14(7-13)10-3-2-8(11)6-9(10)12;;;;;;;;;;/h2-15H,17H2,1H3;5-6,8-10H,11H2,1-4H3;4-5,7-8H,9H2,3H3;3,5-8H,9H2,1-2H3;2,4-6H,7H2,1H3;5*1H3;;;;;/q10*-1;;;;;. The molecule has 0 unspecified atom stereocenters. The first kappa shape index (κ1) is 91.3. The maximum Gasteiger partial charge on any atom is 0.242 e. The van der Waals surface area contributed by atoms with E-state index >= 15 is 0 Å². The van der Waals surface area contributed by atoms with Gasteiger partial charge in [-0.15, -0.1) is 42.5 Å². The van der Waals surface area contributed by atoms with Crippen LogP contribution in [-0.2, 0) is 106 Å². The number of hydrogen-bond donors (Lipinski definition) is 0. The SMILES string of the molecule is CN1C=CN(c2[c-]cc(F)cc2F)C1.CN1C=CN(c2[c-]ccc(C(C)(C)C)c2)C1.CN1CN(c2[c-]cccc2)C(c2ccccc2)=C1c1ccccc1.COc1cc[c-]c(N2C=CN(C)C2)c1.[C-]#[N+]C1=CN(c2[c-]ccc([N+]#[C-])c2)CN1C.[CH3-].[CH3-].[CH3-].[CH3-].[CH3-].[Ir].[Ir].[Ir].[Ir].[Ir]. The van der Waals surface area contributed by atoms with E-state index in [2.05, 4.69) is 202 Å². The molecule has 20 heteroatoms. The van der Waals surface area contributed by atoms with Crippen LogP contribution in [0.2, 0.25) is 0 Å². The number of para-hydroxylation sites is 1. The van der Waals surface area contributed by atoms with E-state index in [9.17, 15) is 8.78 Å². The van der Waals surface area contributed by atoms with Gasteiger partial charge in [0.25, 0.3) is 0 Å². The minimum atomic E-state index is -0.609. The first-order chi connectivity index (χ1) is 40.5. The molecule has 7 aromatic carbocycles. The van der Waals surface area contributed by atoms with Crippen LogP contribution >= 0.6 is 0 Å². The van der Waals surface area contributed by atoms with Crippen LogP contribution in [0.5, 0.6) is 5.75 Å². The quantitative estimate of drug-likeness (QED) is 0.137. The molecule has 0 atom stereocenters. The number of ether oxygens (including phenoxy) is 1. The fourth-order valence-electron chi connectivity index (χ4n) is 9.28. The second-order valence-electron chi connectivity index (χ2n) is 21.2. The van der Waals surface area contributed by atoms with Gasteiger partial charge in [0.2, 0.25) is 5.82 Å². The molecule has 13 nitrogen and oxygen atoms in total. The van der Waals surface area contributed by atoms with Crippen LogP contribution in [0.4, 0.5) is 42.9 Å². The van der Waals surface area contributed by atoms with Crippen LogP contribution in [0.1, 0.15) is 37.5 Å². The largest absolute Gasteiger partial charge is 0.522 e. The summed E-state index contributed by atoms with van der Waals surface area (Å²) >= 11 is 0. The predicted molar refractivity (Wildman–Crippen MR) is 367 cm³/mol. The second kappa shape index (κ2) is 44.0. The van der Waals surface area contributed by atoms with Crippen LogP contribution in [0.25, 0.3) is 21.1 Å². The van der Waals surface area contributed by atoms with Gasteiger partial charge in [-0.1, -0.05) is 111 Å². The van der Waals surface area contributed by atoms with Crippen molar-refractivity contribution in [3.05, 3.63) is 320 Å². The molecular weight excluding hydrogens is 2070 g/mol. The van der Waals surface area contributed by atoms with Gasteiger partial charge in [0.05, 0.1) is 64.5 Å². The van der Waals surface area contributed by atoms with Crippen molar-refractivity contribution in [2.75, 3.05) is 100 Å². The van der Waals surface area contributed by atoms with Crippen molar-refractivity contribution in [3.63, 3.8) is 0 Å². The Morgan fingerprint density at radius 1 is 0.468 bits per heavy atom. The van der Waals surface area contributed by atoms with Crippen molar-refractivity contribution < 1.29 is 114 Å². The molecule has 12 rings (SSSR count). The molecular formula is C74H84F2Ir5N12O-10. The molecule has 515 valence electrons. The van der Waals surface area contributed by atoms with Crippen LogP contribution in [0, 0.1) is 92.2 Å². The molecule has 0 spiro atoms. The van der Waals surface area contributed by atoms with Gasteiger partial charge in [-0.3, -0.25) is 13.6 Å². The molecule has 0 saturated heterocycles. The number of anilines is 5. The van der Waals surface area contributed by atoms with Crippen molar-refractivity contribution in [2.45, 2.75) is 26.2 Å². The minimum Gasteiger partial charge on any atom is -0.522 e. The van der Waals surface area contributed by atoms with Crippen LogP contribution in [0.15, 0.2) is 201 Å². The summed E-state index contributed by atoms with van der Waals surface area (Å²) in [5.74, 6) is 0.260. The predicted octanol–water partition coefficient (Wildman–Crippen LogP) is 16.0. The summed E-state index contributed by atoms with van der Waals surface area (Å²) in [6, 6.07) is 64.1. The Kier molecular flexibility index (Phi) is 42.7. The van der Waals surface area contributed by atoms with E-state index in [1.807, 2.05) is 90.8 Å². The van der Waals surface area contributed by atoms with E-state index in [1.54, 1.807) is 42.6 Å². The Labute approximate surface area is 630 Å². The molecule has 0 saturated carbocycles. The average Bonchev–Trinajstić information content (AvgIpc) is 1.61. The smallest absolute Gasteiger partial charge is 0.242 e.